The van der Waals surface area contributed by atoms with Crippen LogP contribution in [-0.4, -0.2) is 80.8 Å². The Bertz CT molecular complexity index is 1270. The van der Waals surface area contributed by atoms with E-state index in [9.17, 15) is 14.7 Å². The number of pyridine rings is 1. The second-order valence-corrected chi connectivity index (χ2v) is 8.97. The average molecular weight is 488 g/mol. The van der Waals surface area contributed by atoms with Crippen LogP contribution < -0.4 is 0 Å². The SMILES string of the molecule is Cc1c(/C(O)=C2\C(=O)C(=O)N(CCCN3CCOCC3)C2c2ccncc2)cnn1-c1ccccc1. The van der Waals surface area contributed by atoms with Gasteiger partial charge in [0.25, 0.3) is 11.7 Å². The van der Waals surface area contributed by atoms with Gasteiger partial charge in [-0.25, -0.2) is 4.68 Å². The predicted molar refractivity (Wildman–Crippen MR) is 133 cm³/mol. The molecule has 9 heteroatoms. The molecular weight excluding hydrogens is 458 g/mol. The van der Waals surface area contributed by atoms with Crippen molar-refractivity contribution < 1.29 is 19.4 Å². The third-order valence-corrected chi connectivity index (χ3v) is 6.80. The molecule has 0 saturated carbocycles. The number of rotatable bonds is 7. The van der Waals surface area contributed by atoms with Crippen LogP contribution in [0.25, 0.3) is 11.4 Å². The molecule has 0 radical (unpaired) electrons. The molecule has 2 aliphatic rings. The van der Waals surface area contributed by atoms with Crippen LogP contribution in [0.2, 0.25) is 0 Å². The molecule has 0 bridgehead atoms. The molecule has 1 atom stereocenters. The number of morpholine rings is 1. The first-order chi connectivity index (χ1) is 17.6. The highest BCUT2D eigenvalue weighted by Gasteiger charge is 2.46. The number of nitrogens with zero attached hydrogens (tertiary/aromatic N) is 5. The molecule has 4 heterocycles. The summed E-state index contributed by atoms with van der Waals surface area (Å²) in [6, 6.07) is 12.4. The van der Waals surface area contributed by atoms with E-state index in [2.05, 4.69) is 15.0 Å². The van der Waals surface area contributed by atoms with Crippen molar-refractivity contribution in [2.75, 3.05) is 39.4 Å². The molecule has 2 saturated heterocycles. The van der Waals surface area contributed by atoms with Gasteiger partial charge in [0, 0.05) is 38.6 Å². The molecule has 1 aromatic carbocycles. The molecule has 0 spiro atoms. The largest absolute Gasteiger partial charge is 0.507 e. The van der Waals surface area contributed by atoms with Crippen LogP contribution in [0.4, 0.5) is 0 Å². The van der Waals surface area contributed by atoms with E-state index < -0.39 is 17.7 Å². The van der Waals surface area contributed by atoms with Crippen LogP contribution in [0.15, 0.2) is 66.6 Å². The summed E-state index contributed by atoms with van der Waals surface area (Å²) in [7, 11) is 0. The van der Waals surface area contributed by atoms with Crippen molar-refractivity contribution in [1.82, 2.24) is 24.6 Å². The maximum Gasteiger partial charge on any atom is 0.295 e. The lowest BCUT2D eigenvalue weighted by atomic mass is 9.96. The summed E-state index contributed by atoms with van der Waals surface area (Å²) in [6.45, 7) is 6.16. The minimum Gasteiger partial charge on any atom is -0.507 e. The van der Waals surface area contributed by atoms with Crippen molar-refractivity contribution >= 4 is 17.4 Å². The number of likely N-dealkylation sites (tertiary alicyclic amines) is 1. The van der Waals surface area contributed by atoms with Gasteiger partial charge in [-0.3, -0.25) is 19.5 Å². The van der Waals surface area contributed by atoms with Gasteiger partial charge >= 0.3 is 0 Å². The Morgan fingerprint density at radius 2 is 1.78 bits per heavy atom. The van der Waals surface area contributed by atoms with E-state index >= 15 is 0 Å². The maximum atomic E-state index is 13.3. The zero-order valence-electron chi connectivity index (χ0n) is 20.2. The topological polar surface area (TPSA) is 101 Å². The quantitative estimate of drug-likeness (QED) is 0.311. The highest BCUT2D eigenvalue weighted by atomic mass is 16.5. The Morgan fingerprint density at radius 3 is 2.50 bits per heavy atom. The lowest BCUT2D eigenvalue weighted by Crippen LogP contribution is -2.38. The van der Waals surface area contributed by atoms with Gasteiger partial charge in [-0.2, -0.15) is 5.10 Å². The smallest absolute Gasteiger partial charge is 0.295 e. The first-order valence-electron chi connectivity index (χ1n) is 12.1. The van der Waals surface area contributed by atoms with Crippen LogP contribution in [0, 0.1) is 6.92 Å². The Kier molecular flexibility index (Phi) is 6.92. The Balaban J connectivity index is 1.49. The zero-order valence-corrected chi connectivity index (χ0v) is 20.2. The molecule has 2 aromatic heterocycles. The number of hydrogen-bond donors (Lipinski definition) is 1. The minimum atomic E-state index is -0.697. The highest BCUT2D eigenvalue weighted by Crippen LogP contribution is 2.39. The number of amides is 1. The van der Waals surface area contributed by atoms with Gasteiger partial charge in [0.1, 0.15) is 5.76 Å². The fourth-order valence-corrected chi connectivity index (χ4v) is 4.91. The van der Waals surface area contributed by atoms with Crippen molar-refractivity contribution in [1.29, 1.82) is 0 Å². The van der Waals surface area contributed by atoms with E-state index in [1.165, 1.54) is 6.20 Å². The molecule has 1 N–H and O–H groups in total. The normalized spacial score (nSPS) is 20.2. The Morgan fingerprint density at radius 1 is 1.06 bits per heavy atom. The van der Waals surface area contributed by atoms with E-state index in [1.807, 2.05) is 37.3 Å². The van der Waals surface area contributed by atoms with Crippen LogP contribution in [0.1, 0.15) is 29.3 Å². The Hall–Kier alpha value is -3.82. The van der Waals surface area contributed by atoms with Crippen molar-refractivity contribution in [3.8, 4) is 5.69 Å². The summed E-state index contributed by atoms with van der Waals surface area (Å²) in [5, 5.41) is 15.8. The van der Waals surface area contributed by atoms with Crippen molar-refractivity contribution in [3.63, 3.8) is 0 Å². The predicted octanol–water partition coefficient (Wildman–Crippen LogP) is 2.72. The molecule has 1 unspecified atom stereocenters. The molecule has 5 rings (SSSR count). The molecule has 0 aliphatic carbocycles. The maximum absolute atomic E-state index is 13.3. The molecule has 36 heavy (non-hydrogen) atoms. The second kappa shape index (κ2) is 10.4. The van der Waals surface area contributed by atoms with Crippen molar-refractivity contribution in [3.05, 3.63) is 83.4 Å². The van der Waals surface area contributed by atoms with Gasteiger partial charge in [-0.1, -0.05) is 18.2 Å². The van der Waals surface area contributed by atoms with Crippen LogP contribution in [0.5, 0.6) is 0 Å². The van der Waals surface area contributed by atoms with Crippen molar-refractivity contribution in [2.24, 2.45) is 0 Å². The van der Waals surface area contributed by atoms with Gasteiger partial charge in [0.15, 0.2) is 0 Å². The summed E-state index contributed by atoms with van der Waals surface area (Å²) in [5.41, 5.74) is 2.73. The number of carbonyl (C=O) groups is 2. The fraction of sp³-hybridized carbons (Fsp3) is 0.333. The van der Waals surface area contributed by atoms with Crippen LogP contribution in [-0.2, 0) is 14.3 Å². The van der Waals surface area contributed by atoms with E-state index in [-0.39, 0.29) is 11.3 Å². The number of aliphatic hydroxyl groups excluding tert-OH is 1. The summed E-state index contributed by atoms with van der Waals surface area (Å²) in [6.07, 6.45) is 5.50. The monoisotopic (exact) mass is 487 g/mol. The third kappa shape index (κ3) is 4.55. The summed E-state index contributed by atoms with van der Waals surface area (Å²) < 4.78 is 7.11. The number of carbonyl (C=O) groups excluding carboxylic acids is 2. The summed E-state index contributed by atoms with van der Waals surface area (Å²) >= 11 is 0. The number of Topliss-reactive ketones (excluding diaryl/α,β-unsaturated/α-hetero) is 1. The molecule has 1 amide bonds. The molecule has 3 aromatic rings. The van der Waals surface area contributed by atoms with Gasteiger partial charge in [0.05, 0.1) is 48.0 Å². The lowest BCUT2D eigenvalue weighted by Gasteiger charge is -2.29. The van der Waals surface area contributed by atoms with Gasteiger partial charge in [-0.05, 0) is 43.2 Å². The van der Waals surface area contributed by atoms with E-state index in [1.54, 1.807) is 34.1 Å². The molecule has 2 aliphatic heterocycles. The zero-order chi connectivity index (χ0) is 25.1. The number of aromatic nitrogens is 3. The second-order valence-electron chi connectivity index (χ2n) is 8.97. The first-order valence-corrected chi connectivity index (χ1v) is 12.1. The molecule has 186 valence electrons. The van der Waals surface area contributed by atoms with Gasteiger partial charge < -0.3 is 14.7 Å². The number of ether oxygens (including phenoxy) is 1. The lowest BCUT2D eigenvalue weighted by molar-refractivity contribution is -0.140. The third-order valence-electron chi connectivity index (χ3n) is 6.80. The summed E-state index contributed by atoms with van der Waals surface area (Å²) in [5.74, 6) is -1.51. The fourth-order valence-electron chi connectivity index (χ4n) is 4.91. The minimum absolute atomic E-state index is 0.0771. The molecule has 2 fully saturated rings. The van der Waals surface area contributed by atoms with Crippen molar-refractivity contribution in [2.45, 2.75) is 19.4 Å². The number of hydrogen-bond acceptors (Lipinski definition) is 7. The first kappa shape index (κ1) is 23.9. The molecule has 9 nitrogen and oxygen atoms in total. The van der Waals surface area contributed by atoms with Gasteiger partial charge in [-0.15, -0.1) is 0 Å². The number of aliphatic hydroxyl groups is 1. The standard InChI is InChI=1S/C27H29N5O4/c1-19-22(18-29-32(19)21-6-3-2-4-7-21)25(33)23-24(20-8-10-28-11-9-20)31(27(35)26(23)34)13-5-12-30-14-16-36-17-15-30/h2-4,6-11,18,24,33H,5,12-17H2,1H3/b25-23+. The van der Waals surface area contributed by atoms with Crippen LogP contribution in [0.3, 0.4) is 0 Å². The van der Waals surface area contributed by atoms with E-state index in [0.29, 0.717) is 37.4 Å². The van der Waals surface area contributed by atoms with E-state index in [4.69, 9.17) is 4.74 Å². The summed E-state index contributed by atoms with van der Waals surface area (Å²) in [4.78, 5) is 34.4. The highest BCUT2D eigenvalue weighted by molar-refractivity contribution is 6.46. The Labute approximate surface area is 209 Å². The number of ketones is 1. The molecular formula is C27H29N5O4. The van der Waals surface area contributed by atoms with Gasteiger partial charge in [0.2, 0.25) is 0 Å². The average Bonchev–Trinajstić information content (AvgIpc) is 3.42. The number of para-hydroxylation sites is 1. The van der Waals surface area contributed by atoms with E-state index in [0.717, 1.165) is 30.9 Å². The van der Waals surface area contributed by atoms with Crippen LogP contribution >= 0.6 is 0 Å². The number of benzene rings is 1.